The lowest BCUT2D eigenvalue weighted by molar-refractivity contribution is 0.183. The molecule has 108 valence electrons. The van der Waals surface area contributed by atoms with Gasteiger partial charge in [0, 0.05) is 24.1 Å². The first kappa shape index (κ1) is 15.0. The number of hydrogen-bond acceptors (Lipinski definition) is 2. The Morgan fingerprint density at radius 3 is 2.75 bits per heavy atom. The summed E-state index contributed by atoms with van der Waals surface area (Å²) < 4.78 is 14.0. The second-order valence-corrected chi connectivity index (χ2v) is 5.54. The van der Waals surface area contributed by atoms with E-state index in [2.05, 4.69) is 23.7 Å². The molecule has 0 radical (unpaired) electrons. The van der Waals surface area contributed by atoms with Crippen molar-refractivity contribution in [1.82, 2.24) is 4.90 Å². The van der Waals surface area contributed by atoms with Gasteiger partial charge in [-0.25, -0.2) is 4.39 Å². The molecule has 20 heavy (non-hydrogen) atoms. The molecule has 1 heterocycles. The molecule has 2 nitrogen and oxygen atoms in total. The zero-order chi connectivity index (χ0) is 14.4. The van der Waals surface area contributed by atoms with Gasteiger partial charge in [0.15, 0.2) is 0 Å². The third-order valence-electron chi connectivity index (χ3n) is 3.79. The van der Waals surface area contributed by atoms with E-state index in [1.807, 2.05) is 12.1 Å². The quantitative estimate of drug-likeness (QED) is 0.857. The first-order chi connectivity index (χ1) is 9.69. The van der Waals surface area contributed by atoms with Crippen molar-refractivity contribution in [1.29, 1.82) is 0 Å². The molecule has 0 amide bonds. The van der Waals surface area contributed by atoms with Crippen LogP contribution in [-0.2, 0) is 6.54 Å². The number of likely N-dealkylation sites (tertiary alicyclic amines) is 1. The second kappa shape index (κ2) is 7.42. The standard InChI is InChI=1S/C17H22FNO/c1-14-7-9-19(10-8-14)13-16-6-5-15(12-17(16)18)4-2-3-11-20/h5-6,12,14,20H,3,7-11,13H2,1H3. The minimum absolute atomic E-state index is 0.0426. The van der Waals surface area contributed by atoms with Crippen LogP contribution >= 0.6 is 0 Å². The van der Waals surface area contributed by atoms with Gasteiger partial charge >= 0.3 is 0 Å². The third kappa shape index (κ3) is 4.33. The number of nitrogens with zero attached hydrogens (tertiary/aromatic N) is 1. The highest BCUT2D eigenvalue weighted by Gasteiger charge is 2.16. The number of benzene rings is 1. The predicted octanol–water partition coefficient (Wildman–Crippen LogP) is 2.79. The molecule has 3 heteroatoms. The van der Waals surface area contributed by atoms with E-state index in [1.165, 1.54) is 18.9 Å². The summed E-state index contributed by atoms with van der Waals surface area (Å²) in [6.07, 6.45) is 2.83. The van der Waals surface area contributed by atoms with Crippen molar-refractivity contribution in [3.8, 4) is 11.8 Å². The highest BCUT2D eigenvalue weighted by Crippen LogP contribution is 2.19. The van der Waals surface area contributed by atoms with Gasteiger partial charge in [-0.15, -0.1) is 0 Å². The topological polar surface area (TPSA) is 23.5 Å². The van der Waals surface area contributed by atoms with Gasteiger partial charge in [0.25, 0.3) is 0 Å². The molecule has 1 N–H and O–H groups in total. The van der Waals surface area contributed by atoms with Crippen LogP contribution in [0.5, 0.6) is 0 Å². The number of rotatable bonds is 3. The van der Waals surface area contributed by atoms with Crippen molar-refractivity contribution >= 4 is 0 Å². The maximum atomic E-state index is 14.0. The summed E-state index contributed by atoms with van der Waals surface area (Å²) in [4.78, 5) is 2.32. The Hall–Kier alpha value is -1.37. The molecule has 1 aliphatic rings. The summed E-state index contributed by atoms with van der Waals surface area (Å²) in [6.45, 7) is 5.11. The third-order valence-corrected chi connectivity index (χ3v) is 3.79. The summed E-state index contributed by atoms with van der Waals surface area (Å²) in [5, 5.41) is 8.66. The van der Waals surface area contributed by atoms with Crippen LogP contribution in [0.2, 0.25) is 0 Å². The van der Waals surface area contributed by atoms with Gasteiger partial charge < -0.3 is 5.11 Å². The van der Waals surface area contributed by atoms with Gasteiger partial charge in [-0.1, -0.05) is 24.8 Å². The Balaban J connectivity index is 1.98. The van der Waals surface area contributed by atoms with E-state index in [1.54, 1.807) is 0 Å². The average Bonchev–Trinajstić information content (AvgIpc) is 2.44. The average molecular weight is 275 g/mol. The van der Waals surface area contributed by atoms with E-state index in [0.29, 0.717) is 18.5 Å². The highest BCUT2D eigenvalue weighted by atomic mass is 19.1. The number of hydrogen-bond donors (Lipinski definition) is 1. The molecule has 1 aliphatic heterocycles. The Kier molecular flexibility index (Phi) is 5.58. The van der Waals surface area contributed by atoms with Crippen molar-refractivity contribution in [2.24, 2.45) is 5.92 Å². The second-order valence-electron chi connectivity index (χ2n) is 5.54. The van der Waals surface area contributed by atoms with E-state index < -0.39 is 0 Å². The molecule has 0 bridgehead atoms. The lowest BCUT2D eigenvalue weighted by Crippen LogP contribution is -2.32. The van der Waals surface area contributed by atoms with Crippen LogP contribution in [0, 0.1) is 23.6 Å². The molecular formula is C17H22FNO. The number of aliphatic hydroxyl groups is 1. The summed E-state index contributed by atoms with van der Waals surface area (Å²) in [7, 11) is 0. The molecule has 0 spiro atoms. The summed E-state index contributed by atoms with van der Waals surface area (Å²) >= 11 is 0. The zero-order valence-corrected chi connectivity index (χ0v) is 12.0. The molecule has 1 fully saturated rings. The van der Waals surface area contributed by atoms with Crippen molar-refractivity contribution in [2.75, 3.05) is 19.7 Å². The van der Waals surface area contributed by atoms with Crippen LogP contribution < -0.4 is 0 Å². The minimum atomic E-state index is -0.181. The minimum Gasteiger partial charge on any atom is -0.395 e. The molecule has 2 rings (SSSR count). The molecule has 0 aromatic heterocycles. The Morgan fingerprint density at radius 2 is 2.10 bits per heavy atom. The van der Waals surface area contributed by atoms with E-state index >= 15 is 0 Å². The molecule has 0 aliphatic carbocycles. The van der Waals surface area contributed by atoms with Gasteiger partial charge in [0.05, 0.1) is 6.61 Å². The Morgan fingerprint density at radius 1 is 1.35 bits per heavy atom. The lowest BCUT2D eigenvalue weighted by atomic mass is 9.98. The van der Waals surface area contributed by atoms with Gasteiger partial charge in [-0.3, -0.25) is 4.90 Å². The smallest absolute Gasteiger partial charge is 0.128 e. The lowest BCUT2D eigenvalue weighted by Gasteiger charge is -2.30. The first-order valence-electron chi connectivity index (χ1n) is 7.29. The molecule has 0 atom stereocenters. The number of aliphatic hydroxyl groups excluding tert-OH is 1. The van der Waals surface area contributed by atoms with Crippen molar-refractivity contribution < 1.29 is 9.50 Å². The molecule has 0 saturated carbocycles. The van der Waals surface area contributed by atoms with Crippen LogP contribution in [-0.4, -0.2) is 29.7 Å². The largest absolute Gasteiger partial charge is 0.395 e. The van der Waals surface area contributed by atoms with Crippen molar-refractivity contribution in [3.63, 3.8) is 0 Å². The molecule has 1 aromatic rings. The predicted molar refractivity (Wildman–Crippen MR) is 78.7 cm³/mol. The van der Waals surface area contributed by atoms with Crippen LogP contribution in [0.15, 0.2) is 18.2 Å². The fourth-order valence-corrected chi connectivity index (χ4v) is 2.43. The molecular weight excluding hydrogens is 253 g/mol. The van der Waals surface area contributed by atoms with Gasteiger partial charge in [-0.05, 0) is 44.0 Å². The monoisotopic (exact) mass is 275 g/mol. The van der Waals surface area contributed by atoms with E-state index in [-0.39, 0.29) is 12.4 Å². The SMILES string of the molecule is CC1CCN(Cc2ccc(C#CCCO)cc2F)CC1. The molecule has 1 aromatic carbocycles. The maximum Gasteiger partial charge on any atom is 0.128 e. The summed E-state index contributed by atoms with van der Waals surface area (Å²) in [5.74, 6) is 6.28. The number of halogens is 1. The molecule has 0 unspecified atom stereocenters. The van der Waals surface area contributed by atoms with Gasteiger partial charge in [-0.2, -0.15) is 0 Å². The summed E-state index contributed by atoms with van der Waals surface area (Å²) in [5.41, 5.74) is 1.42. The Bertz CT molecular complexity index is 495. The van der Waals surface area contributed by atoms with Crippen molar-refractivity contribution in [2.45, 2.75) is 32.7 Å². The van der Waals surface area contributed by atoms with Crippen molar-refractivity contribution in [3.05, 3.63) is 35.1 Å². The van der Waals surface area contributed by atoms with E-state index in [9.17, 15) is 4.39 Å². The maximum absolute atomic E-state index is 14.0. The van der Waals surface area contributed by atoms with E-state index in [4.69, 9.17) is 5.11 Å². The number of piperidine rings is 1. The van der Waals surface area contributed by atoms with Gasteiger partial charge in [0.1, 0.15) is 5.82 Å². The fourth-order valence-electron chi connectivity index (χ4n) is 2.43. The van der Waals surface area contributed by atoms with Crippen LogP contribution in [0.3, 0.4) is 0 Å². The van der Waals surface area contributed by atoms with Crippen LogP contribution in [0.4, 0.5) is 4.39 Å². The molecule has 1 saturated heterocycles. The Labute approximate surface area is 120 Å². The normalized spacial score (nSPS) is 16.8. The fraction of sp³-hybridized carbons (Fsp3) is 0.529. The highest BCUT2D eigenvalue weighted by molar-refractivity contribution is 5.37. The summed E-state index contributed by atoms with van der Waals surface area (Å²) in [6, 6.07) is 5.18. The zero-order valence-electron chi connectivity index (χ0n) is 12.0. The van der Waals surface area contributed by atoms with Crippen LogP contribution in [0.25, 0.3) is 0 Å². The van der Waals surface area contributed by atoms with Gasteiger partial charge in [0.2, 0.25) is 0 Å². The van der Waals surface area contributed by atoms with Crippen LogP contribution in [0.1, 0.15) is 37.3 Å². The van der Waals surface area contributed by atoms with E-state index in [0.717, 1.165) is 24.6 Å². The first-order valence-corrected chi connectivity index (χ1v) is 7.29.